The molecule has 0 spiro atoms. The lowest BCUT2D eigenvalue weighted by Crippen LogP contribution is -2.31. The lowest BCUT2D eigenvalue weighted by molar-refractivity contribution is 0.0565. The second kappa shape index (κ2) is 11.1. The van der Waals surface area contributed by atoms with Crippen LogP contribution >= 0.6 is 0 Å². The molecule has 2 aromatic rings. The van der Waals surface area contributed by atoms with E-state index in [-0.39, 0.29) is 17.3 Å². The van der Waals surface area contributed by atoms with Gasteiger partial charge in [0.1, 0.15) is 0 Å². The molecule has 0 unspecified atom stereocenters. The van der Waals surface area contributed by atoms with Crippen LogP contribution < -0.4 is 9.62 Å². The third-order valence-electron chi connectivity index (χ3n) is 5.31. The first-order valence-corrected chi connectivity index (χ1v) is 12.1. The molecule has 166 valence electrons. The van der Waals surface area contributed by atoms with Crippen LogP contribution in [-0.4, -0.2) is 40.1 Å². The third kappa shape index (κ3) is 6.18. The number of amides is 1. The fourth-order valence-corrected chi connectivity index (χ4v) is 5.10. The van der Waals surface area contributed by atoms with Crippen molar-refractivity contribution in [2.45, 2.75) is 43.1 Å². The van der Waals surface area contributed by atoms with Crippen LogP contribution in [-0.2, 0) is 14.8 Å². The van der Waals surface area contributed by atoms with Gasteiger partial charge in [0, 0.05) is 18.7 Å². The zero-order chi connectivity index (χ0) is 22.1. The number of benzene rings is 2. The maximum absolute atomic E-state index is 13.0. The number of rotatable bonds is 11. The summed E-state index contributed by atoms with van der Waals surface area (Å²) in [6, 6.07) is 14.8. The van der Waals surface area contributed by atoms with E-state index in [1.165, 1.54) is 23.2 Å². The molecule has 3 rings (SSSR count). The highest BCUT2D eigenvalue weighted by molar-refractivity contribution is 7.92. The first kappa shape index (κ1) is 23.0. The van der Waals surface area contributed by atoms with Crippen LogP contribution in [0.15, 0.2) is 72.1 Å². The van der Waals surface area contributed by atoms with Crippen molar-refractivity contribution < 1.29 is 17.9 Å². The molecule has 1 aliphatic carbocycles. The van der Waals surface area contributed by atoms with Crippen molar-refractivity contribution in [1.82, 2.24) is 5.32 Å². The largest absolute Gasteiger partial charge is 0.378 e. The highest BCUT2D eigenvalue weighted by atomic mass is 32.2. The van der Waals surface area contributed by atoms with Gasteiger partial charge in [-0.2, -0.15) is 0 Å². The van der Waals surface area contributed by atoms with Crippen LogP contribution in [0.25, 0.3) is 0 Å². The number of hydrogen-bond donors (Lipinski definition) is 1. The lowest BCUT2D eigenvalue weighted by atomic mass is 10.2. The normalized spacial score (nSPS) is 14.3. The Morgan fingerprint density at radius 1 is 1.10 bits per heavy atom. The number of carbonyl (C=O) groups excluding carboxylic acids is 1. The Hall–Kier alpha value is -2.64. The maximum Gasteiger partial charge on any atom is 0.264 e. The minimum Gasteiger partial charge on any atom is -0.378 e. The topological polar surface area (TPSA) is 75.7 Å². The molecule has 0 bridgehead atoms. The summed E-state index contributed by atoms with van der Waals surface area (Å²) in [7, 11) is -3.73. The summed E-state index contributed by atoms with van der Waals surface area (Å²) in [5, 5.41) is 2.89. The van der Waals surface area contributed by atoms with Gasteiger partial charge < -0.3 is 10.1 Å². The Labute approximate surface area is 185 Å². The number of anilines is 1. The quantitative estimate of drug-likeness (QED) is 0.419. The van der Waals surface area contributed by atoms with Crippen LogP contribution in [0.5, 0.6) is 0 Å². The van der Waals surface area contributed by atoms with Gasteiger partial charge in [0.15, 0.2) is 0 Å². The number of carbonyl (C=O) groups is 1. The molecule has 1 N–H and O–H groups in total. The fourth-order valence-electron chi connectivity index (χ4n) is 3.64. The summed E-state index contributed by atoms with van der Waals surface area (Å²) in [6.45, 7) is 4.99. The Bertz CT molecular complexity index is 953. The van der Waals surface area contributed by atoms with Crippen molar-refractivity contribution in [2.75, 3.05) is 24.0 Å². The molecule has 1 fully saturated rings. The Balaban J connectivity index is 1.58. The summed E-state index contributed by atoms with van der Waals surface area (Å²) in [5.74, 6) is -0.186. The predicted molar refractivity (Wildman–Crippen MR) is 123 cm³/mol. The smallest absolute Gasteiger partial charge is 0.264 e. The Morgan fingerprint density at radius 2 is 1.77 bits per heavy atom. The van der Waals surface area contributed by atoms with Gasteiger partial charge in [0.05, 0.1) is 23.2 Å². The monoisotopic (exact) mass is 442 g/mol. The molecule has 1 saturated carbocycles. The van der Waals surface area contributed by atoms with Crippen molar-refractivity contribution in [3.05, 3.63) is 72.8 Å². The van der Waals surface area contributed by atoms with Gasteiger partial charge in [-0.05, 0) is 55.7 Å². The molecule has 1 aliphatic rings. The van der Waals surface area contributed by atoms with Gasteiger partial charge in [0.2, 0.25) is 0 Å². The average Bonchev–Trinajstić information content (AvgIpc) is 3.31. The van der Waals surface area contributed by atoms with E-state index < -0.39 is 10.0 Å². The molecule has 2 aromatic carbocycles. The second-order valence-electron chi connectivity index (χ2n) is 7.57. The summed E-state index contributed by atoms with van der Waals surface area (Å²) in [6.07, 6.45) is 7.46. The third-order valence-corrected chi connectivity index (χ3v) is 7.11. The molecule has 6 nitrogen and oxygen atoms in total. The fraction of sp³-hybridized carbons (Fsp3) is 0.375. The standard InChI is InChI=1S/C24H30N2O4S/c1-2-18-26(31(28,29)23-11-4-3-5-12-23)21-15-13-20(14-16-21)24(27)25-17-8-19-30-22-9-6-7-10-22/h2-5,11-16,22H,1,6-10,17-19H2,(H,25,27). The minimum absolute atomic E-state index is 0.129. The molecule has 31 heavy (non-hydrogen) atoms. The molecule has 0 saturated heterocycles. The molecule has 7 heteroatoms. The highest BCUT2D eigenvalue weighted by Crippen LogP contribution is 2.24. The van der Waals surface area contributed by atoms with Crippen molar-refractivity contribution in [2.24, 2.45) is 0 Å². The van der Waals surface area contributed by atoms with E-state index >= 15 is 0 Å². The Morgan fingerprint density at radius 3 is 2.42 bits per heavy atom. The van der Waals surface area contributed by atoms with Gasteiger partial charge in [-0.1, -0.05) is 37.1 Å². The summed E-state index contributed by atoms with van der Waals surface area (Å²) >= 11 is 0. The van der Waals surface area contributed by atoms with Gasteiger partial charge in [-0.15, -0.1) is 6.58 Å². The minimum atomic E-state index is -3.73. The van der Waals surface area contributed by atoms with E-state index in [0.717, 1.165) is 19.3 Å². The average molecular weight is 443 g/mol. The van der Waals surface area contributed by atoms with E-state index in [2.05, 4.69) is 11.9 Å². The molecule has 1 amide bonds. The van der Waals surface area contributed by atoms with Crippen molar-refractivity contribution in [1.29, 1.82) is 0 Å². The summed E-state index contributed by atoms with van der Waals surface area (Å²) < 4.78 is 33.1. The molecular formula is C24H30N2O4S. The molecule has 0 atom stereocenters. The van der Waals surface area contributed by atoms with Gasteiger partial charge in [-0.25, -0.2) is 8.42 Å². The van der Waals surface area contributed by atoms with Crippen LogP contribution in [0.3, 0.4) is 0 Å². The molecule has 0 heterocycles. The molecule has 0 aliphatic heterocycles. The van der Waals surface area contributed by atoms with Gasteiger partial charge >= 0.3 is 0 Å². The predicted octanol–water partition coefficient (Wildman–Crippen LogP) is 4.15. The second-order valence-corrected chi connectivity index (χ2v) is 9.43. The van der Waals surface area contributed by atoms with Crippen LogP contribution in [0, 0.1) is 0 Å². The van der Waals surface area contributed by atoms with Crippen LogP contribution in [0.2, 0.25) is 0 Å². The zero-order valence-corrected chi connectivity index (χ0v) is 18.5. The van der Waals surface area contributed by atoms with E-state index in [9.17, 15) is 13.2 Å². The number of sulfonamides is 1. The van der Waals surface area contributed by atoms with E-state index in [4.69, 9.17) is 4.74 Å². The maximum atomic E-state index is 13.0. The van der Waals surface area contributed by atoms with Crippen LogP contribution in [0.1, 0.15) is 42.5 Å². The number of hydrogen-bond acceptors (Lipinski definition) is 4. The Kier molecular flexibility index (Phi) is 8.26. The SMILES string of the molecule is C=CCN(c1ccc(C(=O)NCCCOC2CCCC2)cc1)S(=O)(=O)c1ccccc1. The summed E-state index contributed by atoms with van der Waals surface area (Å²) in [4.78, 5) is 12.6. The number of ether oxygens (including phenoxy) is 1. The van der Waals surface area contributed by atoms with Crippen molar-refractivity contribution >= 4 is 21.6 Å². The lowest BCUT2D eigenvalue weighted by Gasteiger charge is -2.23. The van der Waals surface area contributed by atoms with Crippen molar-refractivity contribution in [3.63, 3.8) is 0 Å². The number of nitrogens with zero attached hydrogens (tertiary/aromatic N) is 1. The van der Waals surface area contributed by atoms with Crippen molar-refractivity contribution in [3.8, 4) is 0 Å². The summed E-state index contributed by atoms with van der Waals surface area (Å²) in [5.41, 5.74) is 0.960. The van der Waals surface area contributed by atoms with Gasteiger partial charge in [0.25, 0.3) is 15.9 Å². The first-order valence-electron chi connectivity index (χ1n) is 10.7. The van der Waals surface area contributed by atoms with E-state index in [1.807, 2.05) is 0 Å². The van der Waals surface area contributed by atoms with Gasteiger partial charge in [-0.3, -0.25) is 9.10 Å². The molecule has 0 radical (unpaired) electrons. The zero-order valence-electron chi connectivity index (χ0n) is 17.7. The van der Waals surface area contributed by atoms with E-state index in [1.54, 1.807) is 54.6 Å². The van der Waals surface area contributed by atoms with Crippen LogP contribution in [0.4, 0.5) is 5.69 Å². The highest BCUT2D eigenvalue weighted by Gasteiger charge is 2.24. The number of nitrogens with one attached hydrogen (secondary N) is 1. The van der Waals surface area contributed by atoms with E-state index in [0.29, 0.717) is 30.5 Å². The molecule has 0 aromatic heterocycles. The molecular weight excluding hydrogens is 412 g/mol. The first-order chi connectivity index (χ1) is 15.0.